The minimum atomic E-state index is -1.06. The lowest BCUT2D eigenvalue weighted by molar-refractivity contribution is 0.0313. The molecule has 1 aromatic rings. The quantitative estimate of drug-likeness (QED) is 0.844. The third-order valence-electron chi connectivity index (χ3n) is 3.54. The minimum absolute atomic E-state index is 0.0728. The molecule has 0 saturated carbocycles. The Labute approximate surface area is 117 Å². The highest BCUT2D eigenvalue weighted by atomic mass is 19.2. The van der Waals surface area contributed by atoms with Crippen LogP contribution >= 0.6 is 0 Å². The summed E-state index contributed by atoms with van der Waals surface area (Å²) in [7, 11) is 0. The topological polar surface area (TPSA) is 38.3 Å². The first-order valence-electron chi connectivity index (χ1n) is 6.89. The molecule has 0 unspecified atom stereocenters. The maximum atomic E-state index is 13.6. The molecule has 1 aliphatic rings. The van der Waals surface area contributed by atoms with Gasteiger partial charge in [0.25, 0.3) is 0 Å². The van der Waals surface area contributed by atoms with E-state index in [4.69, 9.17) is 4.74 Å². The predicted octanol–water partition coefficient (Wildman–Crippen LogP) is 2.61. The van der Waals surface area contributed by atoms with Crippen LogP contribution in [0.2, 0.25) is 0 Å². The molecule has 3 nitrogen and oxygen atoms in total. The number of benzene rings is 1. The molecule has 1 saturated heterocycles. The molecule has 1 aliphatic heterocycles. The van der Waals surface area contributed by atoms with Gasteiger partial charge < -0.3 is 10.1 Å². The number of carbonyl (C=O) groups is 1. The van der Waals surface area contributed by atoms with E-state index in [1.165, 1.54) is 19.1 Å². The number of hydrogen-bond donors (Lipinski definition) is 1. The van der Waals surface area contributed by atoms with Crippen LogP contribution in [0.1, 0.15) is 35.2 Å². The molecule has 0 bridgehead atoms. The Morgan fingerprint density at radius 1 is 1.30 bits per heavy atom. The lowest BCUT2D eigenvalue weighted by atomic mass is 10.1. The lowest BCUT2D eigenvalue weighted by Crippen LogP contribution is -2.32. The van der Waals surface area contributed by atoms with E-state index >= 15 is 0 Å². The summed E-state index contributed by atoms with van der Waals surface area (Å²) in [5.74, 6) is -2.43. The Balaban J connectivity index is 1.87. The van der Waals surface area contributed by atoms with Gasteiger partial charge in [-0.25, -0.2) is 8.78 Å². The first-order valence-corrected chi connectivity index (χ1v) is 6.89. The van der Waals surface area contributed by atoms with Crippen LogP contribution in [-0.2, 0) is 4.74 Å². The number of Topliss-reactive ketones (excluding diaryl/α,β-unsaturated/α-hetero) is 1. The van der Waals surface area contributed by atoms with Crippen molar-refractivity contribution in [3.8, 4) is 0 Å². The van der Waals surface area contributed by atoms with E-state index in [9.17, 15) is 13.6 Å². The zero-order chi connectivity index (χ0) is 14.5. The second kappa shape index (κ2) is 6.90. The van der Waals surface area contributed by atoms with Crippen molar-refractivity contribution >= 4 is 5.78 Å². The van der Waals surface area contributed by atoms with Crippen molar-refractivity contribution in [2.24, 2.45) is 0 Å². The van der Waals surface area contributed by atoms with Crippen LogP contribution in [0.4, 0.5) is 8.78 Å². The van der Waals surface area contributed by atoms with Crippen molar-refractivity contribution in [2.75, 3.05) is 19.7 Å². The molecule has 1 N–H and O–H groups in total. The second-order valence-electron chi connectivity index (χ2n) is 5.05. The third-order valence-corrected chi connectivity index (χ3v) is 3.54. The molecule has 0 aliphatic carbocycles. The van der Waals surface area contributed by atoms with Gasteiger partial charge in [0.2, 0.25) is 0 Å². The van der Waals surface area contributed by atoms with Crippen molar-refractivity contribution in [1.29, 1.82) is 0 Å². The summed E-state index contributed by atoms with van der Waals surface area (Å²) < 4.78 is 32.6. The van der Waals surface area contributed by atoms with Gasteiger partial charge in [-0.05, 0) is 44.5 Å². The van der Waals surface area contributed by atoms with Crippen LogP contribution in [0.3, 0.4) is 0 Å². The summed E-state index contributed by atoms with van der Waals surface area (Å²) in [5, 5.41) is 3.22. The average molecular weight is 283 g/mol. The van der Waals surface area contributed by atoms with Gasteiger partial charge in [0.15, 0.2) is 17.4 Å². The Kier molecular flexibility index (Phi) is 5.20. The van der Waals surface area contributed by atoms with Crippen LogP contribution in [-0.4, -0.2) is 31.6 Å². The lowest BCUT2D eigenvalue weighted by Gasteiger charge is -2.22. The summed E-state index contributed by atoms with van der Waals surface area (Å²) in [6, 6.07) is 2.75. The molecule has 2 rings (SSSR count). The molecule has 20 heavy (non-hydrogen) atoms. The smallest absolute Gasteiger partial charge is 0.169 e. The second-order valence-corrected chi connectivity index (χ2v) is 5.05. The van der Waals surface area contributed by atoms with Gasteiger partial charge in [0.1, 0.15) is 0 Å². The Hall–Kier alpha value is -1.33. The van der Waals surface area contributed by atoms with E-state index in [-0.39, 0.29) is 30.3 Å². The number of aryl methyl sites for hydroxylation is 1. The SMILES string of the molecule is Cc1ccc(C(=O)CCOC2CCNCC2)c(F)c1F. The summed E-state index contributed by atoms with van der Waals surface area (Å²) in [5.41, 5.74) is 0.00650. The van der Waals surface area contributed by atoms with Crippen LogP contribution in [0.15, 0.2) is 12.1 Å². The maximum Gasteiger partial charge on any atom is 0.169 e. The number of piperidine rings is 1. The van der Waals surface area contributed by atoms with E-state index in [0.29, 0.717) is 0 Å². The van der Waals surface area contributed by atoms with E-state index in [1.807, 2.05) is 0 Å². The molecule has 0 atom stereocenters. The van der Waals surface area contributed by atoms with Crippen molar-refractivity contribution in [3.63, 3.8) is 0 Å². The third kappa shape index (κ3) is 3.61. The van der Waals surface area contributed by atoms with Gasteiger partial charge in [0, 0.05) is 6.42 Å². The molecule has 110 valence electrons. The highest BCUT2D eigenvalue weighted by Crippen LogP contribution is 2.17. The van der Waals surface area contributed by atoms with Crippen molar-refractivity contribution in [2.45, 2.75) is 32.3 Å². The molecule has 0 spiro atoms. The number of nitrogens with one attached hydrogen (secondary N) is 1. The van der Waals surface area contributed by atoms with E-state index in [2.05, 4.69) is 5.32 Å². The van der Waals surface area contributed by atoms with Crippen molar-refractivity contribution < 1.29 is 18.3 Å². The van der Waals surface area contributed by atoms with Gasteiger partial charge >= 0.3 is 0 Å². The monoisotopic (exact) mass is 283 g/mol. The van der Waals surface area contributed by atoms with Crippen LogP contribution < -0.4 is 5.32 Å². The number of carbonyl (C=O) groups excluding carboxylic acids is 1. The molecule has 0 aromatic heterocycles. The van der Waals surface area contributed by atoms with E-state index in [0.717, 1.165) is 25.9 Å². The zero-order valence-electron chi connectivity index (χ0n) is 11.5. The molecule has 1 fully saturated rings. The van der Waals surface area contributed by atoms with Crippen LogP contribution in [0.5, 0.6) is 0 Å². The highest BCUT2D eigenvalue weighted by molar-refractivity contribution is 5.96. The summed E-state index contributed by atoms with van der Waals surface area (Å²) in [4.78, 5) is 11.9. The fraction of sp³-hybridized carbons (Fsp3) is 0.533. The molecule has 0 amide bonds. The summed E-state index contributed by atoms with van der Waals surface area (Å²) in [6.45, 7) is 3.54. The first kappa shape index (κ1) is 15.1. The fourth-order valence-electron chi connectivity index (χ4n) is 2.28. The molecule has 0 radical (unpaired) electrons. The molecule has 1 aromatic carbocycles. The Morgan fingerprint density at radius 2 is 2.00 bits per heavy atom. The van der Waals surface area contributed by atoms with E-state index < -0.39 is 17.4 Å². The summed E-state index contributed by atoms with van der Waals surface area (Å²) in [6.07, 6.45) is 2.07. The largest absolute Gasteiger partial charge is 0.378 e. The predicted molar refractivity (Wildman–Crippen MR) is 71.9 cm³/mol. The highest BCUT2D eigenvalue weighted by Gasteiger charge is 2.18. The minimum Gasteiger partial charge on any atom is -0.378 e. The Morgan fingerprint density at radius 3 is 2.70 bits per heavy atom. The average Bonchev–Trinajstić information content (AvgIpc) is 2.46. The normalized spacial score (nSPS) is 16.4. The standard InChI is InChI=1S/C15H19F2NO2/c1-10-2-3-12(15(17)14(10)16)13(19)6-9-20-11-4-7-18-8-5-11/h2-3,11,18H,4-9H2,1H3. The van der Waals surface area contributed by atoms with Crippen molar-refractivity contribution in [3.05, 3.63) is 34.9 Å². The number of hydrogen-bond acceptors (Lipinski definition) is 3. The molecule has 1 heterocycles. The van der Waals surface area contributed by atoms with Gasteiger partial charge in [-0.15, -0.1) is 0 Å². The van der Waals surface area contributed by atoms with Crippen LogP contribution in [0, 0.1) is 18.6 Å². The van der Waals surface area contributed by atoms with Gasteiger partial charge in [-0.2, -0.15) is 0 Å². The summed E-state index contributed by atoms with van der Waals surface area (Å²) >= 11 is 0. The van der Waals surface area contributed by atoms with Gasteiger partial charge in [0.05, 0.1) is 18.3 Å². The maximum absolute atomic E-state index is 13.6. The molecular weight excluding hydrogens is 264 g/mol. The fourth-order valence-corrected chi connectivity index (χ4v) is 2.28. The number of halogens is 2. The van der Waals surface area contributed by atoms with Gasteiger partial charge in [-0.3, -0.25) is 4.79 Å². The number of ether oxygens (including phenoxy) is 1. The Bertz CT molecular complexity index is 485. The van der Waals surface area contributed by atoms with Crippen LogP contribution in [0.25, 0.3) is 0 Å². The first-order chi connectivity index (χ1) is 9.59. The molecular formula is C15H19F2NO2. The van der Waals surface area contributed by atoms with Crippen molar-refractivity contribution in [1.82, 2.24) is 5.32 Å². The van der Waals surface area contributed by atoms with E-state index in [1.54, 1.807) is 0 Å². The number of rotatable bonds is 5. The van der Waals surface area contributed by atoms with Gasteiger partial charge in [-0.1, -0.05) is 6.07 Å². The number of ketones is 1. The zero-order valence-corrected chi connectivity index (χ0v) is 11.5. The molecule has 5 heteroatoms.